The highest BCUT2D eigenvalue weighted by Gasteiger charge is 2.15. The second kappa shape index (κ2) is 3.35. The maximum Gasteiger partial charge on any atom is 0.00153 e. The average Bonchev–Trinajstić information content (AvgIpc) is 2.13. The van der Waals surface area contributed by atoms with Crippen LogP contribution in [-0.4, -0.2) is 43.5 Å². The van der Waals surface area contributed by atoms with Crippen molar-refractivity contribution in [1.82, 2.24) is 9.80 Å². The molecule has 1 saturated heterocycles. The molecule has 0 aromatic heterocycles. The Hall–Kier alpha value is -0.0800. The van der Waals surface area contributed by atoms with Crippen LogP contribution >= 0.6 is 0 Å². The number of likely N-dealkylation sites (tertiary alicyclic amines) is 1. The van der Waals surface area contributed by atoms with Crippen molar-refractivity contribution in [2.24, 2.45) is 5.92 Å². The van der Waals surface area contributed by atoms with E-state index >= 15 is 0 Å². The third-order valence-electron chi connectivity index (χ3n) is 1.99. The summed E-state index contributed by atoms with van der Waals surface area (Å²) in [7, 11) is 8.17. The van der Waals surface area contributed by atoms with Crippen LogP contribution in [0.4, 0.5) is 0 Å². The summed E-state index contributed by atoms with van der Waals surface area (Å²) in [6.07, 6.45) is 1.32. The first-order valence-electron chi connectivity index (χ1n) is 3.88. The van der Waals surface area contributed by atoms with Crippen LogP contribution in [0, 0.1) is 13.0 Å². The van der Waals surface area contributed by atoms with Gasteiger partial charge >= 0.3 is 0 Å². The lowest BCUT2D eigenvalue weighted by Crippen LogP contribution is -2.23. The van der Waals surface area contributed by atoms with Crippen molar-refractivity contribution < 1.29 is 0 Å². The first kappa shape index (κ1) is 8.02. The molecular weight excluding hydrogens is 124 g/mol. The lowest BCUT2D eigenvalue weighted by Gasteiger charge is -2.19. The molecule has 0 spiro atoms. The van der Waals surface area contributed by atoms with Gasteiger partial charge in [0, 0.05) is 6.54 Å². The Morgan fingerprint density at radius 2 is 2.30 bits per heavy atom. The molecule has 0 aromatic carbocycles. The Morgan fingerprint density at radius 3 is 2.70 bits per heavy atom. The molecule has 0 unspecified atom stereocenters. The van der Waals surface area contributed by atoms with Crippen molar-refractivity contribution in [1.29, 1.82) is 0 Å². The fourth-order valence-corrected chi connectivity index (χ4v) is 1.58. The summed E-state index contributed by atoms with van der Waals surface area (Å²) in [6, 6.07) is 0. The van der Waals surface area contributed by atoms with Crippen LogP contribution in [-0.2, 0) is 0 Å². The first-order valence-corrected chi connectivity index (χ1v) is 3.88. The van der Waals surface area contributed by atoms with Crippen LogP contribution in [0.25, 0.3) is 0 Å². The van der Waals surface area contributed by atoms with Gasteiger partial charge in [-0.05, 0) is 39.5 Å². The molecule has 0 N–H and O–H groups in total. The largest absolute Gasteiger partial charge is 0.459 e. The van der Waals surface area contributed by atoms with E-state index in [1.807, 2.05) is 0 Å². The van der Waals surface area contributed by atoms with Gasteiger partial charge < -0.3 is 9.80 Å². The van der Waals surface area contributed by atoms with E-state index in [9.17, 15) is 0 Å². The minimum absolute atomic E-state index is 0.854. The summed E-state index contributed by atoms with van der Waals surface area (Å²) in [5.74, 6) is 0.854. The molecule has 10 heavy (non-hydrogen) atoms. The number of nitrogens with zero attached hydrogens (tertiary/aromatic N) is 2. The number of hydrogen-bond acceptors (Lipinski definition) is 2. The minimum atomic E-state index is 0.854. The molecule has 60 valence electrons. The Kier molecular flexibility index (Phi) is 2.69. The topological polar surface area (TPSA) is 6.48 Å². The van der Waals surface area contributed by atoms with Crippen molar-refractivity contribution in [3.63, 3.8) is 0 Å². The van der Waals surface area contributed by atoms with E-state index < -0.39 is 0 Å². The minimum Gasteiger partial charge on any atom is -0.459 e. The van der Waals surface area contributed by atoms with Gasteiger partial charge in [-0.25, -0.2) is 0 Å². The van der Waals surface area contributed by atoms with E-state index in [0.29, 0.717) is 0 Å². The van der Waals surface area contributed by atoms with Crippen LogP contribution < -0.4 is 0 Å². The monoisotopic (exact) mass is 141 g/mol. The molecule has 1 heterocycles. The fraction of sp³-hybridized carbons (Fsp3) is 0.875. The summed E-state index contributed by atoms with van der Waals surface area (Å²) >= 11 is 0. The smallest absolute Gasteiger partial charge is 0.00153 e. The summed E-state index contributed by atoms with van der Waals surface area (Å²) in [5.41, 5.74) is 0. The molecule has 0 radical (unpaired) electrons. The second-order valence-electron chi connectivity index (χ2n) is 3.49. The molecule has 1 rings (SSSR count). The molecule has 1 aliphatic rings. The van der Waals surface area contributed by atoms with Crippen LogP contribution in [0.15, 0.2) is 0 Å². The fourth-order valence-electron chi connectivity index (χ4n) is 1.58. The molecule has 0 bridgehead atoms. The highest BCUT2D eigenvalue weighted by Crippen LogP contribution is 2.14. The van der Waals surface area contributed by atoms with Gasteiger partial charge in [0.1, 0.15) is 0 Å². The predicted molar refractivity (Wildman–Crippen MR) is 43.6 cm³/mol. The second-order valence-corrected chi connectivity index (χ2v) is 3.49. The third kappa shape index (κ3) is 2.27. The quantitative estimate of drug-likeness (QED) is 0.521. The highest BCUT2D eigenvalue weighted by molar-refractivity contribution is 4.75. The van der Waals surface area contributed by atoms with E-state index in [1.165, 1.54) is 26.1 Å². The normalized spacial score (nSPS) is 28.2. The predicted octanol–water partition coefficient (Wildman–Crippen LogP) is 0.661. The summed E-state index contributed by atoms with van der Waals surface area (Å²) in [6.45, 7) is 3.57. The zero-order chi connectivity index (χ0) is 7.56. The average molecular weight is 141 g/mol. The van der Waals surface area contributed by atoms with Crippen molar-refractivity contribution in [2.45, 2.75) is 6.42 Å². The Morgan fingerprint density at radius 1 is 1.60 bits per heavy atom. The maximum absolute atomic E-state index is 3.91. The molecule has 0 amide bonds. The summed E-state index contributed by atoms with van der Waals surface area (Å²) in [5, 5.41) is 0. The molecule has 0 aromatic rings. The van der Waals surface area contributed by atoms with Crippen LogP contribution in [0.5, 0.6) is 0 Å². The number of hydrogen-bond donors (Lipinski definition) is 0. The molecule has 0 saturated carbocycles. The summed E-state index contributed by atoms with van der Waals surface area (Å²) < 4.78 is 0. The van der Waals surface area contributed by atoms with Crippen molar-refractivity contribution >= 4 is 0 Å². The van der Waals surface area contributed by atoms with Crippen LogP contribution in [0.1, 0.15) is 6.42 Å². The van der Waals surface area contributed by atoms with Gasteiger partial charge in [-0.15, -0.1) is 0 Å². The molecular formula is C8H17N2-. The van der Waals surface area contributed by atoms with Crippen molar-refractivity contribution in [3.8, 4) is 0 Å². The molecule has 1 aliphatic heterocycles. The summed E-state index contributed by atoms with van der Waals surface area (Å²) in [4.78, 5) is 4.41. The standard InChI is InChI=1S/C8H17N2/c1-9(2)6-8-4-5-10(3)7-8/h8H,3-7H2,1-2H3/q-1/t8-/m1/s1. The Bertz CT molecular complexity index is 101. The van der Waals surface area contributed by atoms with Crippen LogP contribution in [0.3, 0.4) is 0 Å². The molecule has 1 fully saturated rings. The van der Waals surface area contributed by atoms with Crippen molar-refractivity contribution in [3.05, 3.63) is 7.05 Å². The first-order chi connectivity index (χ1) is 4.68. The number of rotatable bonds is 2. The molecule has 2 heteroatoms. The third-order valence-corrected chi connectivity index (χ3v) is 1.99. The van der Waals surface area contributed by atoms with Crippen LogP contribution in [0.2, 0.25) is 0 Å². The lowest BCUT2D eigenvalue weighted by molar-refractivity contribution is 0.323. The van der Waals surface area contributed by atoms with E-state index in [4.69, 9.17) is 0 Å². The van der Waals surface area contributed by atoms with Gasteiger partial charge in [0.05, 0.1) is 0 Å². The van der Waals surface area contributed by atoms with E-state index in [0.717, 1.165) is 5.92 Å². The van der Waals surface area contributed by atoms with Gasteiger partial charge in [-0.2, -0.15) is 0 Å². The molecule has 2 nitrogen and oxygen atoms in total. The molecule has 1 atom stereocenters. The zero-order valence-electron chi connectivity index (χ0n) is 7.01. The van der Waals surface area contributed by atoms with E-state index in [-0.39, 0.29) is 0 Å². The molecule has 0 aliphatic carbocycles. The van der Waals surface area contributed by atoms with E-state index in [1.54, 1.807) is 0 Å². The van der Waals surface area contributed by atoms with Gasteiger partial charge in [0.25, 0.3) is 0 Å². The highest BCUT2D eigenvalue weighted by atomic mass is 15.1. The van der Waals surface area contributed by atoms with Crippen molar-refractivity contribution in [2.75, 3.05) is 33.7 Å². The van der Waals surface area contributed by atoms with Gasteiger partial charge in [0.15, 0.2) is 0 Å². The zero-order valence-corrected chi connectivity index (χ0v) is 7.01. The lowest BCUT2D eigenvalue weighted by atomic mass is 10.1. The van der Waals surface area contributed by atoms with E-state index in [2.05, 4.69) is 30.9 Å². The SMILES string of the molecule is [CH2-]N1CC[C@H](CN(C)C)C1. The van der Waals surface area contributed by atoms with Gasteiger partial charge in [-0.1, -0.05) is 0 Å². The Labute approximate surface area is 63.8 Å². The maximum atomic E-state index is 3.91. The Balaban J connectivity index is 2.18. The van der Waals surface area contributed by atoms with Gasteiger partial charge in [-0.3, -0.25) is 7.05 Å². The van der Waals surface area contributed by atoms with Gasteiger partial charge in [0.2, 0.25) is 0 Å².